The van der Waals surface area contributed by atoms with Crippen LogP contribution in [-0.4, -0.2) is 19.3 Å². The number of aryl methyl sites for hydroxylation is 1. The largest absolute Gasteiger partial charge is 0.493 e. The summed E-state index contributed by atoms with van der Waals surface area (Å²) in [7, 11) is 3.05. The molecule has 0 aliphatic carbocycles. The molecule has 0 aliphatic heterocycles. The van der Waals surface area contributed by atoms with Crippen LogP contribution in [0.2, 0.25) is 0 Å². The zero-order valence-electron chi connectivity index (χ0n) is 11.7. The third-order valence-electron chi connectivity index (χ3n) is 3.17. The molecule has 1 unspecified atom stereocenters. The van der Waals surface area contributed by atoms with E-state index < -0.39 is 11.9 Å². The first kappa shape index (κ1) is 14.3. The van der Waals surface area contributed by atoms with Crippen LogP contribution in [0.5, 0.6) is 11.5 Å². The van der Waals surface area contributed by atoms with Crippen LogP contribution in [0.1, 0.15) is 22.8 Å². The summed E-state index contributed by atoms with van der Waals surface area (Å²) in [4.78, 5) is 0. The molecule has 0 saturated heterocycles. The predicted molar refractivity (Wildman–Crippen MR) is 74.7 cm³/mol. The SMILES string of the molecule is COc1ccc(C(O)c2cc(C)ccc2F)cc1OC. The van der Waals surface area contributed by atoms with Gasteiger partial charge in [-0.15, -0.1) is 0 Å². The average Bonchev–Trinajstić information content (AvgIpc) is 2.48. The molecule has 0 spiro atoms. The molecule has 4 heteroatoms. The van der Waals surface area contributed by atoms with Crippen molar-refractivity contribution in [3.05, 3.63) is 58.9 Å². The van der Waals surface area contributed by atoms with Gasteiger partial charge in [0, 0.05) is 5.56 Å². The number of benzene rings is 2. The van der Waals surface area contributed by atoms with Gasteiger partial charge >= 0.3 is 0 Å². The van der Waals surface area contributed by atoms with Crippen molar-refractivity contribution < 1.29 is 19.0 Å². The van der Waals surface area contributed by atoms with Crippen LogP contribution in [0.25, 0.3) is 0 Å². The average molecular weight is 276 g/mol. The Labute approximate surface area is 117 Å². The highest BCUT2D eigenvalue weighted by Gasteiger charge is 2.17. The van der Waals surface area contributed by atoms with E-state index in [1.807, 2.05) is 6.92 Å². The molecule has 3 nitrogen and oxygen atoms in total. The van der Waals surface area contributed by atoms with E-state index in [4.69, 9.17) is 9.47 Å². The maximum absolute atomic E-state index is 13.8. The van der Waals surface area contributed by atoms with E-state index >= 15 is 0 Å². The van der Waals surface area contributed by atoms with E-state index in [-0.39, 0.29) is 5.56 Å². The first-order valence-electron chi connectivity index (χ1n) is 6.23. The van der Waals surface area contributed by atoms with Crippen molar-refractivity contribution >= 4 is 0 Å². The maximum Gasteiger partial charge on any atom is 0.161 e. The minimum absolute atomic E-state index is 0.247. The van der Waals surface area contributed by atoms with Gasteiger partial charge in [-0.2, -0.15) is 0 Å². The topological polar surface area (TPSA) is 38.7 Å². The fourth-order valence-corrected chi connectivity index (χ4v) is 2.08. The quantitative estimate of drug-likeness (QED) is 0.931. The Morgan fingerprint density at radius 1 is 1.00 bits per heavy atom. The van der Waals surface area contributed by atoms with Crippen molar-refractivity contribution in [2.75, 3.05) is 14.2 Å². The normalized spacial score (nSPS) is 12.1. The van der Waals surface area contributed by atoms with Gasteiger partial charge in [0.25, 0.3) is 0 Å². The van der Waals surface area contributed by atoms with Gasteiger partial charge in [-0.25, -0.2) is 4.39 Å². The van der Waals surface area contributed by atoms with Crippen molar-refractivity contribution in [2.45, 2.75) is 13.0 Å². The molecule has 0 bridgehead atoms. The fraction of sp³-hybridized carbons (Fsp3) is 0.250. The molecule has 0 aromatic heterocycles. The van der Waals surface area contributed by atoms with Crippen molar-refractivity contribution in [3.8, 4) is 11.5 Å². The number of rotatable bonds is 4. The third-order valence-corrected chi connectivity index (χ3v) is 3.17. The summed E-state index contributed by atoms with van der Waals surface area (Å²) in [6, 6.07) is 9.68. The molecule has 106 valence electrons. The molecule has 2 aromatic carbocycles. The van der Waals surface area contributed by atoms with Crippen LogP contribution in [0.15, 0.2) is 36.4 Å². The second-order valence-electron chi connectivity index (χ2n) is 4.54. The standard InChI is InChI=1S/C16H17FO3/c1-10-4-6-13(17)12(8-10)16(18)11-5-7-14(19-2)15(9-11)20-3/h4-9,16,18H,1-3H3. The first-order chi connectivity index (χ1) is 9.56. The molecule has 20 heavy (non-hydrogen) atoms. The highest BCUT2D eigenvalue weighted by Crippen LogP contribution is 2.33. The van der Waals surface area contributed by atoms with E-state index in [9.17, 15) is 9.50 Å². The first-order valence-corrected chi connectivity index (χ1v) is 6.23. The summed E-state index contributed by atoms with van der Waals surface area (Å²) in [6.45, 7) is 1.85. The number of aliphatic hydroxyl groups is 1. The molecular formula is C16H17FO3. The number of ether oxygens (including phenoxy) is 2. The maximum atomic E-state index is 13.8. The van der Waals surface area contributed by atoms with Crippen molar-refractivity contribution in [2.24, 2.45) is 0 Å². The number of halogens is 1. The molecule has 0 saturated carbocycles. The van der Waals surface area contributed by atoms with Crippen molar-refractivity contribution in [1.82, 2.24) is 0 Å². The number of hydrogen-bond acceptors (Lipinski definition) is 3. The van der Waals surface area contributed by atoms with Gasteiger partial charge in [0.15, 0.2) is 11.5 Å². The molecule has 1 atom stereocenters. The van der Waals surface area contributed by atoms with Crippen molar-refractivity contribution in [1.29, 1.82) is 0 Å². The Morgan fingerprint density at radius 2 is 1.70 bits per heavy atom. The van der Waals surface area contributed by atoms with Gasteiger partial charge in [0.2, 0.25) is 0 Å². The van der Waals surface area contributed by atoms with Crippen LogP contribution in [0.3, 0.4) is 0 Å². The molecule has 1 N–H and O–H groups in total. The minimum Gasteiger partial charge on any atom is -0.493 e. The molecule has 0 heterocycles. The summed E-state index contributed by atoms with van der Waals surface area (Å²) >= 11 is 0. The zero-order valence-corrected chi connectivity index (χ0v) is 11.7. The Balaban J connectivity index is 2.42. The highest BCUT2D eigenvalue weighted by atomic mass is 19.1. The summed E-state index contributed by atoms with van der Waals surface area (Å²) in [5.74, 6) is 0.628. The van der Waals surface area contributed by atoms with Crippen molar-refractivity contribution in [3.63, 3.8) is 0 Å². The van der Waals surface area contributed by atoms with Crippen LogP contribution in [0, 0.1) is 12.7 Å². The number of methoxy groups -OCH3 is 2. The van der Waals surface area contributed by atoms with E-state index in [0.29, 0.717) is 17.1 Å². The monoisotopic (exact) mass is 276 g/mol. The molecule has 0 fully saturated rings. The van der Waals surface area contributed by atoms with E-state index in [0.717, 1.165) is 5.56 Å². The molecule has 0 radical (unpaired) electrons. The van der Waals surface area contributed by atoms with E-state index in [1.165, 1.54) is 20.3 Å². The lowest BCUT2D eigenvalue weighted by Crippen LogP contribution is -2.04. The van der Waals surface area contributed by atoms with Gasteiger partial charge in [-0.3, -0.25) is 0 Å². The van der Waals surface area contributed by atoms with Gasteiger partial charge in [0.05, 0.1) is 14.2 Å². The number of hydrogen-bond donors (Lipinski definition) is 1. The molecule has 2 aromatic rings. The summed E-state index contributed by atoms with van der Waals surface area (Å²) in [5, 5.41) is 10.3. The lowest BCUT2D eigenvalue weighted by atomic mass is 9.99. The predicted octanol–water partition coefficient (Wildman–Crippen LogP) is 3.23. The Bertz CT molecular complexity index is 611. The zero-order chi connectivity index (χ0) is 14.7. The Kier molecular flexibility index (Phi) is 4.25. The molecule has 0 amide bonds. The van der Waals surface area contributed by atoms with Crippen LogP contribution in [-0.2, 0) is 0 Å². The lowest BCUT2D eigenvalue weighted by Gasteiger charge is -2.15. The summed E-state index contributed by atoms with van der Waals surface area (Å²) < 4.78 is 24.1. The molecular weight excluding hydrogens is 259 g/mol. The summed E-state index contributed by atoms with van der Waals surface area (Å²) in [6.07, 6.45) is -1.05. The van der Waals surface area contributed by atoms with Gasteiger partial charge in [-0.05, 0) is 30.7 Å². The Morgan fingerprint density at radius 3 is 2.35 bits per heavy atom. The number of aliphatic hydroxyl groups excluding tert-OH is 1. The molecule has 2 rings (SSSR count). The van der Waals surface area contributed by atoms with Gasteiger partial charge in [0.1, 0.15) is 11.9 Å². The Hall–Kier alpha value is -2.07. The summed E-state index contributed by atoms with van der Waals surface area (Å²) in [5.41, 5.74) is 1.69. The fourth-order valence-electron chi connectivity index (χ4n) is 2.08. The van der Waals surface area contributed by atoms with Crippen LogP contribution >= 0.6 is 0 Å². The second-order valence-corrected chi connectivity index (χ2v) is 4.54. The lowest BCUT2D eigenvalue weighted by molar-refractivity contribution is 0.214. The van der Waals surface area contributed by atoms with Gasteiger partial charge < -0.3 is 14.6 Å². The smallest absolute Gasteiger partial charge is 0.161 e. The van der Waals surface area contributed by atoms with Gasteiger partial charge in [-0.1, -0.05) is 23.8 Å². The highest BCUT2D eigenvalue weighted by molar-refractivity contribution is 5.45. The van der Waals surface area contributed by atoms with Crippen LogP contribution < -0.4 is 9.47 Å². The third kappa shape index (κ3) is 2.75. The minimum atomic E-state index is -1.05. The second kappa shape index (κ2) is 5.92. The van der Waals surface area contributed by atoms with E-state index in [2.05, 4.69) is 0 Å². The van der Waals surface area contributed by atoms with Crippen LogP contribution in [0.4, 0.5) is 4.39 Å². The van der Waals surface area contributed by atoms with E-state index in [1.54, 1.807) is 30.3 Å². The molecule has 0 aliphatic rings.